The van der Waals surface area contributed by atoms with Crippen LogP contribution in [0.4, 0.5) is 0 Å². The van der Waals surface area contributed by atoms with Gasteiger partial charge in [-0.3, -0.25) is 4.79 Å². The third-order valence-electron chi connectivity index (χ3n) is 6.37. The fraction of sp³-hybridized carbons (Fsp3) is 0.950. The van der Waals surface area contributed by atoms with Crippen molar-refractivity contribution in [2.24, 2.45) is 23.0 Å². The van der Waals surface area contributed by atoms with Crippen molar-refractivity contribution in [2.75, 3.05) is 32.8 Å². The van der Waals surface area contributed by atoms with Crippen LogP contribution in [0.25, 0.3) is 0 Å². The molecule has 0 aromatic heterocycles. The molecule has 27 heavy (non-hydrogen) atoms. The molecule has 1 saturated carbocycles. The number of unbranched alkanes of at least 4 members (excludes halogenated alkanes) is 1. The zero-order valence-electron chi connectivity index (χ0n) is 17.8. The summed E-state index contributed by atoms with van der Waals surface area (Å²) in [4.78, 5) is 15.1. The summed E-state index contributed by atoms with van der Waals surface area (Å²) in [6.07, 6.45) is 4.18. The lowest BCUT2D eigenvalue weighted by Crippen LogP contribution is -2.75. The smallest absolute Gasteiger partial charge is 0.240 e. The lowest BCUT2D eigenvalue weighted by atomic mass is 9.54. The second-order valence-corrected chi connectivity index (χ2v) is 9.01. The van der Waals surface area contributed by atoms with Crippen molar-refractivity contribution >= 4 is 30.7 Å². The Morgan fingerprint density at radius 3 is 2.30 bits per heavy atom. The van der Waals surface area contributed by atoms with Gasteiger partial charge in [-0.15, -0.1) is 24.8 Å². The number of amides is 1. The van der Waals surface area contributed by atoms with Crippen molar-refractivity contribution < 1.29 is 9.53 Å². The van der Waals surface area contributed by atoms with Crippen LogP contribution >= 0.6 is 24.8 Å². The number of nitrogens with one attached hydrogen (secondary N) is 1. The number of hydrogen-bond donors (Lipinski definition) is 2. The van der Waals surface area contributed by atoms with Crippen molar-refractivity contribution in [2.45, 2.75) is 71.9 Å². The number of rotatable bonds is 8. The van der Waals surface area contributed by atoms with E-state index in [1.165, 1.54) is 19.5 Å². The van der Waals surface area contributed by atoms with E-state index in [1.807, 2.05) is 20.8 Å². The highest BCUT2D eigenvalue weighted by Crippen LogP contribution is 2.49. The van der Waals surface area contributed by atoms with Crippen molar-refractivity contribution in [3.05, 3.63) is 0 Å². The largest absolute Gasteiger partial charge is 0.378 e. The normalized spacial score (nSPS) is 32.6. The highest BCUT2D eigenvalue weighted by atomic mass is 35.5. The predicted octanol–water partition coefficient (Wildman–Crippen LogP) is 3.24. The third kappa shape index (κ3) is 6.20. The molecule has 162 valence electrons. The number of ether oxygens (including phenoxy) is 1. The number of carbonyl (C=O) groups excluding carboxylic acids is 1. The Morgan fingerprint density at radius 1 is 1.19 bits per heavy atom. The molecular weight excluding hydrogens is 385 g/mol. The van der Waals surface area contributed by atoms with Crippen LogP contribution in [0.3, 0.4) is 0 Å². The van der Waals surface area contributed by atoms with Crippen molar-refractivity contribution in [1.82, 2.24) is 10.2 Å². The molecule has 2 rings (SSSR count). The number of piperidine rings is 1. The zero-order valence-corrected chi connectivity index (χ0v) is 19.4. The van der Waals surface area contributed by atoms with Crippen LogP contribution in [0.15, 0.2) is 0 Å². The van der Waals surface area contributed by atoms with Gasteiger partial charge in [-0.25, -0.2) is 0 Å². The van der Waals surface area contributed by atoms with Gasteiger partial charge >= 0.3 is 0 Å². The maximum Gasteiger partial charge on any atom is 0.240 e. The summed E-state index contributed by atoms with van der Waals surface area (Å²) in [5.74, 6) is 1.59. The maximum absolute atomic E-state index is 12.6. The Hall–Kier alpha value is -0.0700. The standard InChI is InChI=1S/C20H39N3O2.2ClH/c1-6-25-17-12-20(21,19(17,4)5)18(24)22-9-7-8-10-23-13-15(2)11-16(3)14-23;;/h15-17H,6-14,21H2,1-5H3,(H,22,24);2*1H. The molecule has 1 saturated heterocycles. The molecule has 1 amide bonds. The summed E-state index contributed by atoms with van der Waals surface area (Å²) in [5, 5.41) is 3.06. The van der Waals surface area contributed by atoms with Crippen molar-refractivity contribution in [3.63, 3.8) is 0 Å². The fourth-order valence-corrected chi connectivity index (χ4v) is 4.62. The Kier molecular flexibility index (Phi) is 11.2. The quantitative estimate of drug-likeness (QED) is 0.585. The average molecular weight is 426 g/mol. The fourth-order valence-electron chi connectivity index (χ4n) is 4.62. The Morgan fingerprint density at radius 2 is 1.78 bits per heavy atom. The first-order valence-corrected chi connectivity index (χ1v) is 10.1. The molecule has 4 unspecified atom stereocenters. The van der Waals surface area contributed by atoms with E-state index in [-0.39, 0.29) is 42.2 Å². The topological polar surface area (TPSA) is 67.6 Å². The first-order valence-electron chi connectivity index (χ1n) is 10.1. The van der Waals surface area contributed by atoms with Gasteiger partial charge in [0, 0.05) is 38.1 Å². The van der Waals surface area contributed by atoms with Gasteiger partial charge in [-0.1, -0.05) is 27.7 Å². The number of nitrogens with zero attached hydrogens (tertiary/aromatic N) is 1. The highest BCUT2D eigenvalue weighted by molar-refractivity contribution is 5.88. The van der Waals surface area contributed by atoms with Crippen molar-refractivity contribution in [3.8, 4) is 0 Å². The summed E-state index contributed by atoms with van der Waals surface area (Å²) in [5.41, 5.74) is 5.29. The first kappa shape index (κ1) is 26.9. The summed E-state index contributed by atoms with van der Waals surface area (Å²) < 4.78 is 5.70. The molecule has 1 aliphatic heterocycles. The molecule has 7 heteroatoms. The van der Waals surface area contributed by atoms with Crippen LogP contribution in [-0.4, -0.2) is 55.2 Å². The number of nitrogens with two attached hydrogens (primary N) is 1. The van der Waals surface area contributed by atoms with Gasteiger partial charge in [0.1, 0.15) is 5.54 Å². The summed E-state index contributed by atoms with van der Waals surface area (Å²) in [6, 6.07) is 0. The Labute approximate surface area is 178 Å². The van der Waals surface area contributed by atoms with Gasteiger partial charge in [0.15, 0.2) is 0 Å². The molecule has 0 spiro atoms. The van der Waals surface area contributed by atoms with Crippen LogP contribution in [-0.2, 0) is 9.53 Å². The summed E-state index contributed by atoms with van der Waals surface area (Å²) in [6.45, 7) is 15.7. The van der Waals surface area contributed by atoms with Crippen LogP contribution in [0.2, 0.25) is 0 Å². The molecule has 0 aromatic carbocycles. The second-order valence-electron chi connectivity index (χ2n) is 9.01. The molecule has 5 nitrogen and oxygen atoms in total. The van der Waals surface area contributed by atoms with E-state index < -0.39 is 5.54 Å². The predicted molar refractivity (Wildman–Crippen MR) is 117 cm³/mol. The van der Waals surface area contributed by atoms with E-state index in [2.05, 4.69) is 24.1 Å². The number of carbonyl (C=O) groups is 1. The van der Waals surface area contributed by atoms with Gasteiger partial charge in [-0.05, 0) is 44.6 Å². The molecular formula is C20H41Cl2N3O2. The average Bonchev–Trinajstić information content (AvgIpc) is 2.53. The van der Waals surface area contributed by atoms with Crippen molar-refractivity contribution in [1.29, 1.82) is 0 Å². The van der Waals surface area contributed by atoms with Gasteiger partial charge < -0.3 is 20.7 Å². The lowest BCUT2D eigenvalue weighted by molar-refractivity contribution is -0.170. The maximum atomic E-state index is 12.6. The van der Waals surface area contributed by atoms with E-state index in [0.29, 0.717) is 19.6 Å². The third-order valence-corrected chi connectivity index (χ3v) is 6.37. The molecule has 0 bridgehead atoms. The molecule has 2 aliphatic rings. The molecule has 1 heterocycles. The van der Waals surface area contributed by atoms with Gasteiger partial charge in [-0.2, -0.15) is 0 Å². The molecule has 3 N–H and O–H groups in total. The molecule has 0 radical (unpaired) electrons. The Bertz CT molecular complexity index is 455. The van der Waals surface area contributed by atoms with Crippen LogP contribution in [0, 0.1) is 17.3 Å². The van der Waals surface area contributed by atoms with Crippen LogP contribution < -0.4 is 11.1 Å². The van der Waals surface area contributed by atoms with E-state index in [0.717, 1.165) is 31.2 Å². The zero-order chi connectivity index (χ0) is 18.7. The minimum Gasteiger partial charge on any atom is -0.378 e. The van der Waals surface area contributed by atoms with Gasteiger partial charge in [0.2, 0.25) is 5.91 Å². The van der Waals surface area contributed by atoms with E-state index in [9.17, 15) is 4.79 Å². The minimum absolute atomic E-state index is 0. The lowest BCUT2D eigenvalue weighted by Gasteiger charge is -2.57. The van der Waals surface area contributed by atoms with Crippen LogP contribution in [0.1, 0.15) is 60.3 Å². The SMILES string of the molecule is CCOC1CC(N)(C(=O)NCCCCN2CC(C)CC(C)C2)C1(C)C.Cl.Cl. The first-order chi connectivity index (χ1) is 11.7. The molecule has 0 aromatic rings. The Balaban J connectivity index is 0.00000338. The van der Waals surface area contributed by atoms with E-state index >= 15 is 0 Å². The molecule has 2 fully saturated rings. The minimum atomic E-state index is -0.801. The second kappa shape index (κ2) is 11.2. The van der Waals surface area contributed by atoms with Gasteiger partial charge in [0.25, 0.3) is 0 Å². The van der Waals surface area contributed by atoms with E-state index in [1.54, 1.807) is 0 Å². The summed E-state index contributed by atoms with van der Waals surface area (Å²) in [7, 11) is 0. The van der Waals surface area contributed by atoms with E-state index in [4.69, 9.17) is 10.5 Å². The number of halogens is 2. The number of likely N-dealkylation sites (tertiary alicyclic amines) is 1. The van der Waals surface area contributed by atoms with Crippen LogP contribution in [0.5, 0.6) is 0 Å². The highest BCUT2D eigenvalue weighted by Gasteiger charge is 2.62. The molecule has 1 aliphatic carbocycles. The molecule has 4 atom stereocenters. The number of hydrogen-bond acceptors (Lipinski definition) is 4. The summed E-state index contributed by atoms with van der Waals surface area (Å²) >= 11 is 0. The monoisotopic (exact) mass is 425 g/mol. The van der Waals surface area contributed by atoms with Gasteiger partial charge in [0.05, 0.1) is 6.10 Å².